The monoisotopic (exact) mass is 347 g/mol. The highest BCUT2D eigenvalue weighted by Crippen LogP contribution is 2.29. The minimum Gasteiger partial charge on any atom is -0.378 e. The number of hydrogen-bond donors (Lipinski definition) is 1. The van der Waals surface area contributed by atoms with E-state index in [2.05, 4.69) is 10.2 Å². The molecule has 0 spiro atoms. The van der Waals surface area contributed by atoms with Crippen LogP contribution in [0.3, 0.4) is 0 Å². The van der Waals surface area contributed by atoms with Gasteiger partial charge in [-0.2, -0.15) is 16.4 Å². The number of carbonyl (C=O) groups is 1. The van der Waals surface area contributed by atoms with Crippen molar-refractivity contribution in [2.75, 3.05) is 32.9 Å². The Morgan fingerprint density at radius 2 is 2.38 bits per heavy atom. The summed E-state index contributed by atoms with van der Waals surface area (Å²) in [5.74, 6) is 0.742. The Bertz CT molecular complexity index is 681. The van der Waals surface area contributed by atoms with Crippen LogP contribution in [0.4, 0.5) is 0 Å². The van der Waals surface area contributed by atoms with E-state index in [1.54, 1.807) is 17.5 Å². The van der Waals surface area contributed by atoms with E-state index in [-0.39, 0.29) is 12.0 Å². The number of H-pyrrole nitrogens is 1. The van der Waals surface area contributed by atoms with E-state index >= 15 is 0 Å². The Balaban J connectivity index is 1.39. The lowest BCUT2D eigenvalue weighted by Crippen LogP contribution is -2.47. The normalized spacial score (nSPS) is 21.2. The van der Waals surface area contributed by atoms with Crippen molar-refractivity contribution in [3.8, 4) is 11.3 Å². The van der Waals surface area contributed by atoms with Crippen molar-refractivity contribution in [3.05, 3.63) is 28.6 Å². The van der Waals surface area contributed by atoms with Gasteiger partial charge in [-0.3, -0.25) is 9.89 Å². The Hall–Kier alpha value is -1.70. The molecule has 128 valence electrons. The van der Waals surface area contributed by atoms with Gasteiger partial charge < -0.3 is 14.4 Å². The molecule has 1 N–H and O–H groups in total. The first kappa shape index (κ1) is 15.8. The minimum absolute atomic E-state index is 0.000410. The van der Waals surface area contributed by atoms with Crippen molar-refractivity contribution in [3.63, 3.8) is 0 Å². The lowest BCUT2D eigenvalue weighted by atomic mass is 10.1. The molecule has 24 heavy (non-hydrogen) atoms. The Morgan fingerprint density at radius 3 is 3.17 bits per heavy atom. The number of amides is 1. The van der Waals surface area contributed by atoms with E-state index in [1.165, 1.54) is 12.8 Å². The molecule has 1 amide bonds. The minimum atomic E-state index is -0.0436. The van der Waals surface area contributed by atoms with E-state index < -0.39 is 0 Å². The van der Waals surface area contributed by atoms with Crippen LogP contribution < -0.4 is 0 Å². The number of morpholine rings is 1. The van der Waals surface area contributed by atoms with Crippen LogP contribution in [-0.4, -0.2) is 60.0 Å². The van der Waals surface area contributed by atoms with E-state index in [4.69, 9.17) is 9.47 Å². The molecule has 7 heteroatoms. The molecule has 1 saturated carbocycles. The Kier molecular flexibility index (Phi) is 4.64. The lowest BCUT2D eigenvalue weighted by Gasteiger charge is -2.32. The van der Waals surface area contributed by atoms with Gasteiger partial charge in [-0.1, -0.05) is 0 Å². The molecular formula is C17H21N3O3S. The molecule has 0 aromatic carbocycles. The maximum absolute atomic E-state index is 12.9. The van der Waals surface area contributed by atoms with Gasteiger partial charge in [-0.25, -0.2) is 0 Å². The molecule has 2 aromatic heterocycles. The fourth-order valence-corrected chi connectivity index (χ4v) is 3.55. The number of carbonyl (C=O) groups excluding carboxylic acids is 1. The van der Waals surface area contributed by atoms with Gasteiger partial charge in [-0.05, 0) is 30.2 Å². The largest absolute Gasteiger partial charge is 0.378 e. The predicted octanol–water partition coefficient (Wildman–Crippen LogP) is 2.41. The van der Waals surface area contributed by atoms with Gasteiger partial charge in [0, 0.05) is 30.6 Å². The number of aromatic amines is 1. The molecule has 1 aliphatic heterocycles. The molecule has 6 nitrogen and oxygen atoms in total. The highest BCUT2D eigenvalue weighted by atomic mass is 32.1. The van der Waals surface area contributed by atoms with Crippen LogP contribution in [0.25, 0.3) is 11.3 Å². The summed E-state index contributed by atoms with van der Waals surface area (Å²) >= 11 is 1.60. The smallest absolute Gasteiger partial charge is 0.257 e. The Morgan fingerprint density at radius 1 is 1.46 bits per heavy atom. The van der Waals surface area contributed by atoms with E-state index in [0.29, 0.717) is 31.9 Å². The predicted molar refractivity (Wildman–Crippen MR) is 91.1 cm³/mol. The van der Waals surface area contributed by atoms with Crippen LogP contribution in [0.5, 0.6) is 0 Å². The number of nitrogens with one attached hydrogen (secondary N) is 1. The summed E-state index contributed by atoms with van der Waals surface area (Å²) in [5.41, 5.74) is 2.40. The van der Waals surface area contributed by atoms with Crippen LogP contribution >= 0.6 is 11.3 Å². The number of hydrogen-bond acceptors (Lipinski definition) is 5. The second-order valence-electron chi connectivity index (χ2n) is 6.40. The molecular weight excluding hydrogens is 326 g/mol. The zero-order valence-corrected chi connectivity index (χ0v) is 14.3. The van der Waals surface area contributed by atoms with Gasteiger partial charge in [0.25, 0.3) is 5.91 Å². The van der Waals surface area contributed by atoms with Crippen LogP contribution in [-0.2, 0) is 9.47 Å². The lowest BCUT2D eigenvalue weighted by molar-refractivity contribution is -0.0628. The summed E-state index contributed by atoms with van der Waals surface area (Å²) in [6.45, 7) is 3.10. The first-order valence-corrected chi connectivity index (χ1v) is 9.30. The fraction of sp³-hybridized carbons (Fsp3) is 0.529. The number of ether oxygens (including phenoxy) is 2. The van der Waals surface area contributed by atoms with Gasteiger partial charge >= 0.3 is 0 Å². The summed E-state index contributed by atoms with van der Waals surface area (Å²) in [6, 6.07) is 1.99. The van der Waals surface area contributed by atoms with Gasteiger partial charge in [0.2, 0.25) is 0 Å². The highest BCUT2D eigenvalue weighted by Gasteiger charge is 2.28. The summed E-state index contributed by atoms with van der Waals surface area (Å²) in [4.78, 5) is 14.7. The summed E-state index contributed by atoms with van der Waals surface area (Å²) in [5, 5.41) is 11.0. The molecule has 1 aliphatic carbocycles. The zero-order valence-electron chi connectivity index (χ0n) is 13.4. The van der Waals surface area contributed by atoms with Crippen molar-refractivity contribution >= 4 is 17.2 Å². The molecule has 3 heterocycles. The van der Waals surface area contributed by atoms with E-state index in [9.17, 15) is 4.79 Å². The van der Waals surface area contributed by atoms with Crippen molar-refractivity contribution in [1.82, 2.24) is 15.1 Å². The highest BCUT2D eigenvalue weighted by molar-refractivity contribution is 7.08. The average Bonchev–Trinajstić information content (AvgIpc) is 3.09. The number of thiophene rings is 1. The van der Waals surface area contributed by atoms with Crippen molar-refractivity contribution < 1.29 is 14.3 Å². The van der Waals surface area contributed by atoms with Crippen LogP contribution in [0, 0.1) is 5.92 Å². The maximum Gasteiger partial charge on any atom is 0.257 e. The molecule has 1 unspecified atom stereocenters. The standard InChI is InChI=1S/C17H21N3O3S/c21-17(15-7-18-19-16(15)13-3-6-24-11-13)20-4-5-23-14(8-20)10-22-9-12-1-2-12/h3,6-7,11-12,14H,1-2,4-5,8-10H2,(H,18,19). The van der Waals surface area contributed by atoms with Crippen LogP contribution in [0.1, 0.15) is 23.2 Å². The number of nitrogens with zero attached hydrogens (tertiary/aromatic N) is 2. The third kappa shape index (κ3) is 3.53. The molecule has 2 aliphatic rings. The summed E-state index contributed by atoms with van der Waals surface area (Å²) < 4.78 is 11.5. The molecule has 1 saturated heterocycles. The van der Waals surface area contributed by atoms with Crippen molar-refractivity contribution in [2.24, 2.45) is 5.92 Å². The number of aromatic nitrogens is 2. The third-order valence-corrected chi connectivity index (χ3v) is 5.14. The SMILES string of the molecule is O=C(c1cn[nH]c1-c1ccsc1)N1CCOC(COCC2CC2)C1. The average molecular weight is 347 g/mol. The maximum atomic E-state index is 12.9. The van der Waals surface area contributed by atoms with Crippen LogP contribution in [0.15, 0.2) is 23.0 Å². The van der Waals surface area contributed by atoms with E-state index in [1.807, 2.05) is 21.7 Å². The fourth-order valence-electron chi connectivity index (χ4n) is 2.90. The summed E-state index contributed by atoms with van der Waals surface area (Å²) in [7, 11) is 0. The van der Waals surface area contributed by atoms with Gasteiger partial charge in [-0.15, -0.1) is 0 Å². The van der Waals surface area contributed by atoms with E-state index in [0.717, 1.165) is 23.8 Å². The Labute approximate surface area is 144 Å². The summed E-state index contributed by atoms with van der Waals surface area (Å²) in [6.07, 6.45) is 4.13. The first-order valence-electron chi connectivity index (χ1n) is 8.36. The molecule has 1 atom stereocenters. The zero-order chi connectivity index (χ0) is 16.4. The van der Waals surface area contributed by atoms with Crippen molar-refractivity contribution in [1.29, 1.82) is 0 Å². The third-order valence-electron chi connectivity index (χ3n) is 4.46. The van der Waals surface area contributed by atoms with Gasteiger partial charge in [0.15, 0.2) is 0 Å². The molecule has 4 rings (SSSR count). The second-order valence-corrected chi connectivity index (χ2v) is 7.18. The van der Waals surface area contributed by atoms with Crippen LogP contribution in [0.2, 0.25) is 0 Å². The van der Waals surface area contributed by atoms with Gasteiger partial charge in [0.1, 0.15) is 0 Å². The first-order chi connectivity index (χ1) is 11.8. The molecule has 0 radical (unpaired) electrons. The second kappa shape index (κ2) is 7.04. The number of rotatable bonds is 6. The molecule has 2 fully saturated rings. The molecule has 2 aromatic rings. The van der Waals surface area contributed by atoms with Gasteiger partial charge in [0.05, 0.1) is 36.8 Å². The molecule has 0 bridgehead atoms. The quantitative estimate of drug-likeness (QED) is 0.871. The van der Waals surface area contributed by atoms with Crippen molar-refractivity contribution in [2.45, 2.75) is 18.9 Å². The topological polar surface area (TPSA) is 67.5 Å².